The van der Waals surface area contributed by atoms with Crippen LogP contribution in [-0.4, -0.2) is 60.0 Å². The maximum atomic E-state index is 13.2. The third kappa shape index (κ3) is 4.84. The van der Waals surface area contributed by atoms with Crippen LogP contribution in [0.1, 0.15) is 57.6 Å². The lowest BCUT2D eigenvalue weighted by molar-refractivity contribution is 0.0609. The highest BCUT2D eigenvalue weighted by atomic mass is 16.4. The first-order chi connectivity index (χ1) is 17.5. The summed E-state index contributed by atoms with van der Waals surface area (Å²) in [6.45, 7) is 8.23. The minimum Gasteiger partial charge on any atom is -0.455 e. The number of hydrogen-bond acceptors (Lipinski definition) is 5. The van der Waals surface area contributed by atoms with Gasteiger partial charge in [0.05, 0.1) is 5.71 Å². The lowest BCUT2D eigenvalue weighted by Gasteiger charge is -2.33. The minimum atomic E-state index is -0.263. The quantitative estimate of drug-likeness (QED) is 0.541. The maximum Gasteiger partial charge on any atom is 0.289 e. The number of carbonyl (C=O) groups is 2. The first-order valence-corrected chi connectivity index (χ1v) is 12.7. The molecule has 1 N–H and O–H groups in total. The average molecular weight is 485 g/mol. The van der Waals surface area contributed by atoms with E-state index in [0.29, 0.717) is 24.4 Å². The summed E-state index contributed by atoms with van der Waals surface area (Å²) in [7, 11) is 0. The Morgan fingerprint density at radius 1 is 0.944 bits per heavy atom. The Bertz CT molecular complexity index is 1270. The standard InChI is InChI=1S/C29H32N4O3/c1-3-32-16-18-33(19-17-32)29(35)27-20(2)26-24(10-7-11-25(26)36-27)30-31-28(34)23-14-12-22(13-15-23)21-8-5-4-6-9-21/h4-6,8-9,12-15H,3,7,10-11,16-19H2,1-2H3,(H,31,34)/b30-24+. The van der Waals surface area contributed by atoms with Crippen molar-refractivity contribution in [1.82, 2.24) is 15.2 Å². The second-order valence-corrected chi connectivity index (χ2v) is 9.38. The summed E-state index contributed by atoms with van der Waals surface area (Å²) in [4.78, 5) is 30.2. The Balaban J connectivity index is 1.30. The van der Waals surface area contributed by atoms with Gasteiger partial charge in [-0.15, -0.1) is 0 Å². The van der Waals surface area contributed by atoms with Crippen molar-refractivity contribution in [1.29, 1.82) is 0 Å². The molecule has 1 aliphatic carbocycles. The van der Waals surface area contributed by atoms with Crippen LogP contribution in [-0.2, 0) is 6.42 Å². The number of nitrogens with one attached hydrogen (secondary N) is 1. The van der Waals surface area contributed by atoms with E-state index < -0.39 is 0 Å². The Morgan fingerprint density at radius 2 is 1.64 bits per heavy atom. The highest BCUT2D eigenvalue weighted by Gasteiger charge is 2.31. The zero-order valence-electron chi connectivity index (χ0n) is 20.9. The molecule has 2 aromatic carbocycles. The number of likely N-dealkylation sites (N-methyl/N-ethyl adjacent to an activating group) is 1. The number of amides is 2. The molecule has 1 saturated heterocycles. The summed E-state index contributed by atoms with van der Waals surface area (Å²) in [5, 5.41) is 4.47. The number of hydrazone groups is 1. The van der Waals surface area contributed by atoms with E-state index in [1.165, 1.54) is 0 Å². The van der Waals surface area contributed by atoms with E-state index >= 15 is 0 Å². The normalized spacial score (nSPS) is 17.2. The van der Waals surface area contributed by atoms with Gasteiger partial charge in [-0.2, -0.15) is 5.10 Å². The molecule has 0 radical (unpaired) electrons. The molecule has 0 spiro atoms. The molecule has 0 bridgehead atoms. The number of hydrogen-bond donors (Lipinski definition) is 1. The van der Waals surface area contributed by atoms with Gasteiger partial charge in [0.15, 0.2) is 5.76 Å². The molecule has 0 saturated carbocycles. The number of fused-ring (bicyclic) bond motifs is 1. The Hall–Kier alpha value is -3.71. The Morgan fingerprint density at radius 3 is 2.33 bits per heavy atom. The molecular formula is C29H32N4O3. The van der Waals surface area contributed by atoms with Crippen LogP contribution in [0.25, 0.3) is 11.1 Å². The molecule has 2 amide bonds. The predicted octanol–water partition coefficient (Wildman–Crippen LogP) is 4.50. The van der Waals surface area contributed by atoms with E-state index in [-0.39, 0.29) is 11.8 Å². The van der Waals surface area contributed by atoms with Crippen LogP contribution in [0, 0.1) is 6.92 Å². The molecule has 3 aromatic rings. The SMILES string of the molecule is CCN1CCN(C(=O)c2oc3c(c2C)/C(=N/NC(=O)c2ccc(-c4ccccc4)cc2)CCC3)CC1. The van der Waals surface area contributed by atoms with Crippen molar-refractivity contribution >= 4 is 17.5 Å². The van der Waals surface area contributed by atoms with Crippen LogP contribution < -0.4 is 5.43 Å². The lowest BCUT2D eigenvalue weighted by Crippen LogP contribution is -2.48. The molecule has 2 aliphatic rings. The zero-order chi connectivity index (χ0) is 25.1. The van der Waals surface area contributed by atoms with E-state index in [9.17, 15) is 9.59 Å². The summed E-state index contributed by atoms with van der Waals surface area (Å²) in [6, 6.07) is 17.5. The van der Waals surface area contributed by atoms with E-state index in [1.807, 2.05) is 66.4 Å². The van der Waals surface area contributed by atoms with Crippen LogP contribution >= 0.6 is 0 Å². The van der Waals surface area contributed by atoms with E-state index in [1.54, 1.807) is 0 Å². The van der Waals surface area contributed by atoms with Gasteiger partial charge in [0.2, 0.25) is 0 Å². The molecule has 36 heavy (non-hydrogen) atoms. The smallest absolute Gasteiger partial charge is 0.289 e. The molecule has 7 nitrogen and oxygen atoms in total. The summed E-state index contributed by atoms with van der Waals surface area (Å²) >= 11 is 0. The van der Waals surface area contributed by atoms with Gasteiger partial charge >= 0.3 is 0 Å². The van der Waals surface area contributed by atoms with Gasteiger partial charge in [-0.05, 0) is 49.6 Å². The molecule has 0 unspecified atom stereocenters. The number of piperazine rings is 1. The van der Waals surface area contributed by atoms with Crippen LogP contribution in [0.3, 0.4) is 0 Å². The largest absolute Gasteiger partial charge is 0.455 e. The Kier molecular flexibility index (Phi) is 7.00. The third-order valence-corrected chi connectivity index (χ3v) is 7.17. The maximum absolute atomic E-state index is 13.2. The summed E-state index contributed by atoms with van der Waals surface area (Å²) < 4.78 is 6.08. The van der Waals surface area contributed by atoms with Crippen LogP contribution in [0.15, 0.2) is 64.1 Å². The van der Waals surface area contributed by atoms with E-state index in [4.69, 9.17) is 4.42 Å². The fourth-order valence-corrected chi connectivity index (χ4v) is 5.02. The molecule has 1 aromatic heterocycles. The summed E-state index contributed by atoms with van der Waals surface area (Å²) in [6.07, 6.45) is 2.35. The fourth-order valence-electron chi connectivity index (χ4n) is 5.02. The van der Waals surface area contributed by atoms with E-state index in [2.05, 4.69) is 22.4 Å². The summed E-state index contributed by atoms with van der Waals surface area (Å²) in [5.41, 5.74) is 7.87. The molecule has 2 heterocycles. The fraction of sp³-hybridized carbons (Fsp3) is 0.345. The highest BCUT2D eigenvalue weighted by molar-refractivity contribution is 6.07. The first-order valence-electron chi connectivity index (χ1n) is 12.7. The molecule has 7 heteroatoms. The summed E-state index contributed by atoms with van der Waals surface area (Å²) in [5.74, 6) is 0.872. The molecule has 0 atom stereocenters. The highest BCUT2D eigenvalue weighted by Crippen LogP contribution is 2.31. The predicted molar refractivity (Wildman–Crippen MR) is 140 cm³/mol. The third-order valence-electron chi connectivity index (χ3n) is 7.17. The molecular weight excluding hydrogens is 452 g/mol. The molecule has 1 aliphatic heterocycles. The van der Waals surface area contributed by atoms with E-state index in [0.717, 1.165) is 72.6 Å². The van der Waals surface area contributed by atoms with Crippen molar-refractivity contribution in [3.8, 4) is 11.1 Å². The second-order valence-electron chi connectivity index (χ2n) is 9.38. The van der Waals surface area contributed by atoms with Gasteiger partial charge < -0.3 is 14.2 Å². The minimum absolute atomic E-state index is 0.0560. The number of carbonyl (C=O) groups excluding carboxylic acids is 2. The van der Waals surface area contributed by atoms with Crippen LogP contribution in [0.4, 0.5) is 0 Å². The van der Waals surface area contributed by atoms with Crippen molar-refractivity contribution in [2.45, 2.75) is 33.1 Å². The van der Waals surface area contributed by atoms with Gasteiger partial charge in [0.25, 0.3) is 11.8 Å². The van der Waals surface area contributed by atoms with Gasteiger partial charge in [-0.25, -0.2) is 5.43 Å². The van der Waals surface area contributed by atoms with Gasteiger partial charge in [0.1, 0.15) is 5.76 Å². The monoisotopic (exact) mass is 484 g/mol. The topological polar surface area (TPSA) is 78.2 Å². The van der Waals surface area contributed by atoms with Gasteiger partial charge in [0, 0.05) is 49.3 Å². The number of furan rings is 1. The number of benzene rings is 2. The average Bonchev–Trinajstić information content (AvgIpc) is 3.28. The number of aryl methyl sites for hydroxylation is 1. The van der Waals surface area contributed by atoms with Crippen molar-refractivity contribution in [3.05, 3.63) is 82.8 Å². The number of rotatable bonds is 5. The zero-order valence-corrected chi connectivity index (χ0v) is 20.9. The van der Waals surface area contributed by atoms with Gasteiger partial charge in [-0.3, -0.25) is 9.59 Å². The van der Waals surface area contributed by atoms with Crippen LogP contribution in [0.2, 0.25) is 0 Å². The second kappa shape index (κ2) is 10.5. The van der Waals surface area contributed by atoms with Gasteiger partial charge in [-0.1, -0.05) is 49.4 Å². The number of nitrogens with zero attached hydrogens (tertiary/aromatic N) is 3. The van der Waals surface area contributed by atoms with Crippen molar-refractivity contribution in [3.63, 3.8) is 0 Å². The first kappa shape index (κ1) is 24.0. The lowest BCUT2D eigenvalue weighted by atomic mass is 9.93. The van der Waals surface area contributed by atoms with Crippen LogP contribution in [0.5, 0.6) is 0 Å². The Labute approximate surface area is 211 Å². The van der Waals surface area contributed by atoms with Crippen molar-refractivity contribution in [2.75, 3.05) is 32.7 Å². The molecule has 1 fully saturated rings. The van der Waals surface area contributed by atoms with Crippen molar-refractivity contribution < 1.29 is 14.0 Å². The van der Waals surface area contributed by atoms with Crippen molar-refractivity contribution in [2.24, 2.45) is 5.10 Å². The molecule has 186 valence electrons. The molecule has 5 rings (SSSR count).